The first-order chi connectivity index (χ1) is 4.66. The summed E-state index contributed by atoms with van der Waals surface area (Å²) in [6.45, 7) is -0.487. The summed E-state index contributed by atoms with van der Waals surface area (Å²) in [5.74, 6) is 0. The summed E-state index contributed by atoms with van der Waals surface area (Å²) in [5, 5.41) is 25.8. The van der Waals surface area contributed by atoms with Gasteiger partial charge < -0.3 is 20.1 Å². The molecule has 0 spiro atoms. The van der Waals surface area contributed by atoms with Gasteiger partial charge in [0.2, 0.25) is 0 Å². The standard InChI is InChI=1S/C5H9FO4/c6-3-4(8)2(1-7)10-5(3)9/h2-5,7-9H,1H2/t2-,3+,4-,5-/m1/s1/i6-1. The van der Waals surface area contributed by atoms with Crippen molar-refractivity contribution in [1.29, 1.82) is 0 Å². The molecule has 4 atom stereocenters. The van der Waals surface area contributed by atoms with E-state index in [1.54, 1.807) is 0 Å². The molecule has 1 rings (SSSR count). The maximum absolute atomic E-state index is 12.4. The van der Waals surface area contributed by atoms with E-state index >= 15 is 0 Å². The molecular formula is C5H9FO4. The van der Waals surface area contributed by atoms with Gasteiger partial charge >= 0.3 is 0 Å². The second kappa shape index (κ2) is 2.79. The van der Waals surface area contributed by atoms with Crippen molar-refractivity contribution >= 4 is 0 Å². The Hall–Kier alpha value is -0.230. The van der Waals surface area contributed by atoms with Crippen LogP contribution in [0.15, 0.2) is 0 Å². The number of ether oxygens (including phenoxy) is 1. The highest BCUT2D eigenvalue weighted by Gasteiger charge is 2.42. The lowest BCUT2D eigenvalue weighted by Gasteiger charge is -2.08. The van der Waals surface area contributed by atoms with Gasteiger partial charge in [0, 0.05) is 0 Å². The Bertz CT molecular complexity index is 120. The van der Waals surface area contributed by atoms with Gasteiger partial charge in [0.15, 0.2) is 12.5 Å². The second-order valence-electron chi connectivity index (χ2n) is 2.18. The molecule has 0 unspecified atom stereocenters. The van der Waals surface area contributed by atoms with Crippen molar-refractivity contribution in [3.63, 3.8) is 0 Å². The SMILES string of the molecule is OC[C@H]1O[C@@H](O)[C@@H]([18F])[C@@H]1O. The first kappa shape index (κ1) is 7.87. The van der Waals surface area contributed by atoms with Crippen molar-refractivity contribution in [2.45, 2.75) is 24.7 Å². The van der Waals surface area contributed by atoms with E-state index in [0.717, 1.165) is 0 Å². The lowest BCUT2D eigenvalue weighted by Crippen LogP contribution is -2.30. The largest absolute Gasteiger partial charge is 0.394 e. The Morgan fingerprint density at radius 3 is 2.20 bits per heavy atom. The number of hydrogen-bond acceptors (Lipinski definition) is 4. The second-order valence-corrected chi connectivity index (χ2v) is 2.18. The molecule has 0 saturated carbocycles. The lowest BCUT2D eigenvalue weighted by atomic mass is 10.2. The van der Waals surface area contributed by atoms with Gasteiger partial charge in [-0.15, -0.1) is 0 Å². The number of aliphatic hydroxyl groups is 3. The van der Waals surface area contributed by atoms with E-state index in [-0.39, 0.29) is 0 Å². The number of rotatable bonds is 1. The smallest absolute Gasteiger partial charge is 0.189 e. The predicted octanol–water partition coefficient (Wildman–Crippen LogP) is -1.61. The average Bonchev–Trinajstić information content (AvgIpc) is 2.17. The number of halogens is 1. The number of alkyl halides is 1. The van der Waals surface area contributed by atoms with Crippen LogP contribution in [-0.2, 0) is 4.74 Å². The molecule has 60 valence electrons. The molecule has 10 heavy (non-hydrogen) atoms. The van der Waals surface area contributed by atoms with E-state index in [9.17, 15) is 4.39 Å². The summed E-state index contributed by atoms with van der Waals surface area (Å²) in [5.41, 5.74) is 0. The molecule has 5 heteroatoms. The quantitative estimate of drug-likeness (QED) is 0.422. The Morgan fingerprint density at radius 1 is 1.40 bits per heavy atom. The number of hydrogen-bond donors (Lipinski definition) is 3. The molecule has 0 radical (unpaired) electrons. The minimum atomic E-state index is -1.81. The molecule has 0 aromatic rings. The van der Waals surface area contributed by atoms with Gasteiger partial charge in [-0.1, -0.05) is 0 Å². The van der Waals surface area contributed by atoms with Crippen LogP contribution in [0.4, 0.5) is 4.39 Å². The topological polar surface area (TPSA) is 69.9 Å². The van der Waals surface area contributed by atoms with E-state index in [1.165, 1.54) is 0 Å². The molecule has 0 aliphatic carbocycles. The zero-order valence-corrected chi connectivity index (χ0v) is 5.14. The number of aliphatic hydroxyl groups excluding tert-OH is 3. The normalized spacial score (nSPS) is 48.0. The van der Waals surface area contributed by atoms with Crippen LogP contribution in [0.3, 0.4) is 0 Å². The van der Waals surface area contributed by atoms with Crippen molar-refractivity contribution in [3.05, 3.63) is 0 Å². The Labute approximate surface area is 56.9 Å². The first-order valence-electron chi connectivity index (χ1n) is 2.93. The highest BCUT2D eigenvalue weighted by atomic mass is 18.2. The summed E-state index contributed by atoms with van der Waals surface area (Å²) < 4.78 is 16.8. The van der Waals surface area contributed by atoms with E-state index < -0.39 is 31.3 Å². The highest BCUT2D eigenvalue weighted by molar-refractivity contribution is 4.85. The molecule has 1 aliphatic heterocycles. The molecule has 0 bridgehead atoms. The zero-order chi connectivity index (χ0) is 7.72. The molecule has 0 aromatic heterocycles. The van der Waals surface area contributed by atoms with Crippen LogP contribution in [0.1, 0.15) is 0 Å². The molecule has 0 amide bonds. The van der Waals surface area contributed by atoms with Crippen molar-refractivity contribution < 1.29 is 24.4 Å². The minimum absolute atomic E-state index is 0.487. The predicted molar refractivity (Wildman–Crippen MR) is 28.9 cm³/mol. The van der Waals surface area contributed by atoms with E-state index in [0.29, 0.717) is 0 Å². The maximum atomic E-state index is 12.4. The van der Waals surface area contributed by atoms with Gasteiger partial charge in [0.05, 0.1) is 6.61 Å². The van der Waals surface area contributed by atoms with E-state index in [2.05, 4.69) is 4.74 Å². The Kier molecular flexibility index (Phi) is 2.20. The highest BCUT2D eigenvalue weighted by Crippen LogP contribution is 2.21. The van der Waals surface area contributed by atoms with Gasteiger partial charge in [-0.2, -0.15) is 0 Å². The van der Waals surface area contributed by atoms with Crippen LogP contribution in [0.5, 0.6) is 0 Å². The minimum Gasteiger partial charge on any atom is -0.394 e. The van der Waals surface area contributed by atoms with Gasteiger partial charge in [0.25, 0.3) is 0 Å². The van der Waals surface area contributed by atoms with Crippen molar-refractivity contribution in [3.8, 4) is 0 Å². The third-order valence-electron chi connectivity index (χ3n) is 1.47. The zero-order valence-electron chi connectivity index (χ0n) is 5.14. The van der Waals surface area contributed by atoms with Crippen molar-refractivity contribution in [2.24, 2.45) is 0 Å². The summed E-state index contributed by atoms with van der Waals surface area (Å²) in [4.78, 5) is 0. The van der Waals surface area contributed by atoms with Crippen molar-refractivity contribution in [1.82, 2.24) is 0 Å². The third kappa shape index (κ3) is 1.13. The lowest BCUT2D eigenvalue weighted by molar-refractivity contribution is -0.121. The Balaban J connectivity index is 2.53. The third-order valence-corrected chi connectivity index (χ3v) is 1.47. The molecule has 1 aliphatic rings. The van der Waals surface area contributed by atoms with Crippen LogP contribution >= 0.6 is 0 Å². The van der Waals surface area contributed by atoms with Gasteiger partial charge in [0.1, 0.15) is 12.2 Å². The summed E-state index contributed by atoms with van der Waals surface area (Å²) in [7, 11) is 0. The fourth-order valence-corrected chi connectivity index (χ4v) is 0.859. The molecule has 3 N–H and O–H groups in total. The molecule has 1 saturated heterocycles. The van der Waals surface area contributed by atoms with Gasteiger partial charge in [-0.3, -0.25) is 0 Å². The Morgan fingerprint density at radius 2 is 2.00 bits per heavy atom. The van der Waals surface area contributed by atoms with Gasteiger partial charge in [-0.05, 0) is 0 Å². The van der Waals surface area contributed by atoms with Crippen LogP contribution in [-0.4, -0.2) is 46.6 Å². The monoisotopic (exact) mass is 151 g/mol. The van der Waals surface area contributed by atoms with Crippen LogP contribution in [0, 0.1) is 0 Å². The summed E-state index contributed by atoms with van der Waals surface area (Å²) >= 11 is 0. The molecular weight excluding hydrogens is 142 g/mol. The molecule has 4 nitrogen and oxygen atoms in total. The maximum Gasteiger partial charge on any atom is 0.189 e. The molecule has 1 fully saturated rings. The average molecular weight is 151 g/mol. The van der Waals surface area contributed by atoms with Crippen LogP contribution in [0.25, 0.3) is 0 Å². The van der Waals surface area contributed by atoms with Crippen LogP contribution < -0.4 is 0 Å². The first-order valence-corrected chi connectivity index (χ1v) is 2.93. The van der Waals surface area contributed by atoms with Gasteiger partial charge in [-0.25, -0.2) is 4.39 Å². The van der Waals surface area contributed by atoms with Crippen molar-refractivity contribution in [2.75, 3.05) is 6.61 Å². The van der Waals surface area contributed by atoms with E-state index in [4.69, 9.17) is 15.3 Å². The van der Waals surface area contributed by atoms with E-state index in [1.807, 2.05) is 0 Å². The summed E-state index contributed by atoms with van der Waals surface area (Å²) in [6.07, 6.45) is -5.82. The summed E-state index contributed by atoms with van der Waals surface area (Å²) in [6, 6.07) is 0. The fraction of sp³-hybridized carbons (Fsp3) is 1.00. The molecule has 0 aromatic carbocycles. The fourth-order valence-electron chi connectivity index (χ4n) is 0.859. The van der Waals surface area contributed by atoms with Crippen LogP contribution in [0.2, 0.25) is 0 Å². The molecule has 1 heterocycles.